The third-order valence-corrected chi connectivity index (χ3v) is 4.10. The lowest BCUT2D eigenvalue weighted by molar-refractivity contribution is -0.0960. The number of carboxylic acid groups (broad SMARTS) is 1. The van der Waals surface area contributed by atoms with Crippen LogP contribution < -0.4 is 4.72 Å². The zero-order valence-corrected chi connectivity index (χ0v) is 12.3. The first-order valence-electron chi connectivity index (χ1n) is 5.84. The summed E-state index contributed by atoms with van der Waals surface area (Å²) in [6.07, 6.45) is 0.567. The van der Waals surface area contributed by atoms with E-state index in [0.717, 1.165) is 6.07 Å². The molecule has 0 aliphatic heterocycles. The second kappa shape index (κ2) is 6.84. The van der Waals surface area contributed by atoms with Crippen molar-refractivity contribution in [3.05, 3.63) is 18.0 Å². The number of nitrogens with one attached hydrogen (secondary N) is 1. The fourth-order valence-electron chi connectivity index (χ4n) is 1.60. The Morgan fingerprint density at radius 3 is 2.45 bits per heavy atom. The third-order valence-electron chi connectivity index (χ3n) is 2.71. The molecule has 0 amide bonds. The lowest BCUT2D eigenvalue weighted by Crippen LogP contribution is -2.34. The number of carbonyl (C=O) groups is 1. The molecular weight excluding hydrogens is 288 g/mol. The van der Waals surface area contributed by atoms with Crippen molar-refractivity contribution in [1.29, 1.82) is 0 Å². The van der Waals surface area contributed by atoms with Crippen LogP contribution >= 0.6 is 0 Å². The Hall–Kier alpha value is -1.42. The first kappa shape index (κ1) is 16.6. The van der Waals surface area contributed by atoms with Crippen molar-refractivity contribution < 1.29 is 27.8 Å². The maximum absolute atomic E-state index is 12.0. The molecule has 9 heteroatoms. The van der Waals surface area contributed by atoms with Crippen molar-refractivity contribution in [2.45, 2.75) is 24.7 Å². The number of hydrogen-bond donors (Lipinski definition) is 2. The second-order valence-corrected chi connectivity index (χ2v) is 5.67. The molecule has 0 saturated heterocycles. The molecule has 0 radical (unpaired) electrons. The van der Waals surface area contributed by atoms with Crippen molar-refractivity contribution in [3.63, 3.8) is 0 Å². The van der Waals surface area contributed by atoms with Gasteiger partial charge in [-0.2, -0.15) is 0 Å². The molecule has 1 aromatic rings. The van der Waals surface area contributed by atoms with Crippen molar-refractivity contribution >= 4 is 16.0 Å². The molecule has 114 valence electrons. The van der Waals surface area contributed by atoms with E-state index in [1.807, 2.05) is 0 Å². The summed E-state index contributed by atoms with van der Waals surface area (Å²) in [7, 11) is -1.04. The van der Waals surface area contributed by atoms with Gasteiger partial charge < -0.3 is 19.1 Å². The number of nitrogens with zero attached hydrogens (tertiary/aromatic N) is 1. The summed E-state index contributed by atoms with van der Waals surface area (Å²) in [6, 6.07) is 1.11. The molecule has 1 aromatic heterocycles. The zero-order valence-electron chi connectivity index (χ0n) is 11.5. The van der Waals surface area contributed by atoms with Crippen LogP contribution in [0.5, 0.6) is 0 Å². The van der Waals surface area contributed by atoms with E-state index in [4.69, 9.17) is 14.6 Å². The van der Waals surface area contributed by atoms with Gasteiger partial charge in [-0.15, -0.1) is 0 Å². The van der Waals surface area contributed by atoms with Gasteiger partial charge >= 0.3 is 5.97 Å². The van der Waals surface area contributed by atoms with Crippen LogP contribution in [0.2, 0.25) is 0 Å². The molecule has 1 rings (SSSR count). The summed E-state index contributed by atoms with van der Waals surface area (Å²) in [5.41, 5.74) is -0.0806. The van der Waals surface area contributed by atoms with Crippen LogP contribution in [0.4, 0.5) is 0 Å². The number of carboxylic acids is 1. The van der Waals surface area contributed by atoms with E-state index in [1.54, 1.807) is 6.92 Å². The molecule has 0 bridgehead atoms. The Balaban J connectivity index is 2.95. The lowest BCUT2D eigenvalue weighted by atomic mass is 10.4. The molecule has 0 unspecified atom stereocenters. The van der Waals surface area contributed by atoms with Crippen molar-refractivity contribution in [2.75, 3.05) is 20.8 Å². The molecule has 0 atom stereocenters. The van der Waals surface area contributed by atoms with Gasteiger partial charge in [-0.25, -0.2) is 17.9 Å². The highest BCUT2D eigenvalue weighted by atomic mass is 32.2. The number of aromatic nitrogens is 1. The number of methoxy groups -OCH3 is 2. The largest absolute Gasteiger partial charge is 0.477 e. The van der Waals surface area contributed by atoms with Crippen LogP contribution in [0, 0.1) is 0 Å². The van der Waals surface area contributed by atoms with E-state index in [1.165, 1.54) is 25.0 Å². The summed E-state index contributed by atoms with van der Waals surface area (Å²) < 4.78 is 37.5. The second-order valence-electron chi connectivity index (χ2n) is 3.91. The monoisotopic (exact) mass is 306 g/mol. The van der Waals surface area contributed by atoms with Gasteiger partial charge in [-0.1, -0.05) is 0 Å². The zero-order chi connectivity index (χ0) is 15.3. The average Bonchev–Trinajstić information content (AvgIpc) is 2.85. The van der Waals surface area contributed by atoms with Gasteiger partial charge in [0.15, 0.2) is 6.29 Å². The number of sulfonamides is 1. The van der Waals surface area contributed by atoms with Crippen molar-refractivity contribution in [2.24, 2.45) is 0 Å². The van der Waals surface area contributed by atoms with E-state index >= 15 is 0 Å². The van der Waals surface area contributed by atoms with E-state index < -0.39 is 22.3 Å². The Bertz CT molecular complexity index is 561. The molecule has 0 aromatic carbocycles. The van der Waals surface area contributed by atoms with Gasteiger partial charge in [0.05, 0.1) is 6.54 Å². The van der Waals surface area contributed by atoms with Gasteiger partial charge in [-0.3, -0.25) is 0 Å². The van der Waals surface area contributed by atoms with Gasteiger partial charge in [0.25, 0.3) is 0 Å². The fraction of sp³-hybridized carbons (Fsp3) is 0.545. The highest BCUT2D eigenvalue weighted by Gasteiger charge is 2.21. The molecule has 0 spiro atoms. The van der Waals surface area contributed by atoms with Crippen LogP contribution in [-0.2, 0) is 26.0 Å². The summed E-state index contributed by atoms with van der Waals surface area (Å²) in [6.45, 7) is 2.01. The van der Waals surface area contributed by atoms with Gasteiger partial charge in [-0.05, 0) is 13.0 Å². The third kappa shape index (κ3) is 3.79. The van der Waals surface area contributed by atoms with Crippen LogP contribution in [0.25, 0.3) is 0 Å². The van der Waals surface area contributed by atoms with E-state index in [2.05, 4.69) is 4.72 Å². The topological polar surface area (TPSA) is 107 Å². The predicted molar refractivity (Wildman–Crippen MR) is 70.1 cm³/mol. The number of hydrogen-bond acceptors (Lipinski definition) is 5. The maximum Gasteiger partial charge on any atom is 0.352 e. The number of aryl methyl sites for hydroxylation is 1. The minimum atomic E-state index is -3.81. The highest BCUT2D eigenvalue weighted by molar-refractivity contribution is 7.89. The molecule has 0 aliphatic rings. The lowest BCUT2D eigenvalue weighted by Gasteiger charge is -2.13. The quantitative estimate of drug-likeness (QED) is 0.660. The summed E-state index contributed by atoms with van der Waals surface area (Å²) in [5, 5.41) is 8.99. The van der Waals surface area contributed by atoms with E-state index in [9.17, 15) is 13.2 Å². The van der Waals surface area contributed by atoms with E-state index in [0.29, 0.717) is 6.54 Å². The molecule has 0 fully saturated rings. The minimum absolute atomic E-state index is 0.0744. The Morgan fingerprint density at radius 2 is 2.05 bits per heavy atom. The molecule has 1 heterocycles. The van der Waals surface area contributed by atoms with Gasteiger partial charge in [0.1, 0.15) is 10.6 Å². The standard InChI is InChI=1S/C11H18N2O6S/c1-4-13-7-8(5-9(13)11(14)15)20(16,17)12-6-10(18-2)19-3/h5,7,10,12H,4,6H2,1-3H3,(H,14,15). The van der Waals surface area contributed by atoms with Crippen molar-refractivity contribution in [3.8, 4) is 0 Å². The molecule has 20 heavy (non-hydrogen) atoms. The van der Waals surface area contributed by atoms with Crippen LogP contribution in [0.1, 0.15) is 17.4 Å². The first-order valence-corrected chi connectivity index (χ1v) is 7.32. The Morgan fingerprint density at radius 1 is 1.45 bits per heavy atom. The van der Waals surface area contributed by atoms with Gasteiger partial charge in [0.2, 0.25) is 10.0 Å². The highest BCUT2D eigenvalue weighted by Crippen LogP contribution is 2.14. The Labute approximate surface area is 117 Å². The number of rotatable bonds is 8. The van der Waals surface area contributed by atoms with Crippen molar-refractivity contribution in [1.82, 2.24) is 9.29 Å². The summed E-state index contributed by atoms with van der Waals surface area (Å²) >= 11 is 0. The molecule has 0 aliphatic carbocycles. The average molecular weight is 306 g/mol. The van der Waals surface area contributed by atoms with Crippen LogP contribution in [0.15, 0.2) is 17.2 Å². The normalized spacial score (nSPS) is 12.0. The minimum Gasteiger partial charge on any atom is -0.477 e. The predicted octanol–water partition coefficient (Wildman–Crippen LogP) is 0.103. The smallest absolute Gasteiger partial charge is 0.352 e. The van der Waals surface area contributed by atoms with Crippen LogP contribution in [-0.4, -0.2) is 51.1 Å². The summed E-state index contributed by atoms with van der Waals surface area (Å²) in [4.78, 5) is 10.9. The molecular formula is C11H18N2O6S. The maximum atomic E-state index is 12.0. The number of aromatic carboxylic acids is 1. The summed E-state index contributed by atoms with van der Waals surface area (Å²) in [5.74, 6) is -1.18. The molecule has 0 saturated carbocycles. The van der Waals surface area contributed by atoms with Gasteiger partial charge in [0, 0.05) is 27.0 Å². The van der Waals surface area contributed by atoms with Crippen LogP contribution in [0.3, 0.4) is 0 Å². The Kier molecular flexibility index (Phi) is 5.69. The fourth-order valence-corrected chi connectivity index (χ4v) is 2.65. The first-order chi connectivity index (χ1) is 9.35. The van der Waals surface area contributed by atoms with E-state index in [-0.39, 0.29) is 17.1 Å². The SMILES string of the molecule is CCn1cc(S(=O)(=O)NCC(OC)OC)cc1C(=O)O. The molecule has 2 N–H and O–H groups in total. The number of ether oxygens (including phenoxy) is 2. The molecule has 8 nitrogen and oxygen atoms in total.